The standard InChI is InChI=1S/C12H19NO3/c1-7(2)10-13-8(11(14)15-6)9(16-10)12(3,4)5/h7H,1-6H3. The summed E-state index contributed by atoms with van der Waals surface area (Å²) < 4.78 is 10.4. The van der Waals surface area contributed by atoms with E-state index in [2.05, 4.69) is 4.98 Å². The van der Waals surface area contributed by atoms with Crippen molar-refractivity contribution >= 4 is 5.97 Å². The fraction of sp³-hybridized carbons (Fsp3) is 0.667. The number of aromatic nitrogens is 1. The molecular formula is C12H19NO3. The molecule has 1 aromatic heterocycles. The average molecular weight is 225 g/mol. The van der Waals surface area contributed by atoms with Gasteiger partial charge in [-0.05, 0) is 0 Å². The van der Waals surface area contributed by atoms with Crippen LogP contribution in [0.15, 0.2) is 4.42 Å². The Bertz CT molecular complexity index is 385. The van der Waals surface area contributed by atoms with Gasteiger partial charge in [-0.1, -0.05) is 34.6 Å². The van der Waals surface area contributed by atoms with Crippen LogP contribution in [0, 0.1) is 0 Å². The van der Waals surface area contributed by atoms with Gasteiger partial charge in [0.1, 0.15) is 5.76 Å². The van der Waals surface area contributed by atoms with Crippen molar-refractivity contribution in [2.24, 2.45) is 0 Å². The maximum absolute atomic E-state index is 11.6. The number of ether oxygens (including phenoxy) is 1. The van der Waals surface area contributed by atoms with Gasteiger partial charge < -0.3 is 9.15 Å². The topological polar surface area (TPSA) is 52.3 Å². The van der Waals surface area contributed by atoms with Crippen molar-refractivity contribution in [3.8, 4) is 0 Å². The quantitative estimate of drug-likeness (QED) is 0.726. The number of nitrogens with zero attached hydrogens (tertiary/aromatic N) is 1. The summed E-state index contributed by atoms with van der Waals surface area (Å²) in [5.41, 5.74) is 0.0302. The van der Waals surface area contributed by atoms with Crippen LogP contribution in [0.25, 0.3) is 0 Å². The number of hydrogen-bond donors (Lipinski definition) is 0. The van der Waals surface area contributed by atoms with Crippen molar-refractivity contribution in [3.63, 3.8) is 0 Å². The Hall–Kier alpha value is -1.32. The molecule has 4 heteroatoms. The molecule has 1 aromatic rings. The first-order valence-corrected chi connectivity index (χ1v) is 5.37. The summed E-state index contributed by atoms with van der Waals surface area (Å²) in [6.07, 6.45) is 0. The van der Waals surface area contributed by atoms with Gasteiger partial charge in [0, 0.05) is 11.3 Å². The number of oxazole rings is 1. The highest BCUT2D eigenvalue weighted by atomic mass is 16.5. The molecule has 0 unspecified atom stereocenters. The Labute approximate surface area is 96.0 Å². The van der Waals surface area contributed by atoms with E-state index in [1.165, 1.54) is 7.11 Å². The van der Waals surface area contributed by atoms with E-state index >= 15 is 0 Å². The van der Waals surface area contributed by atoms with Gasteiger partial charge in [-0.2, -0.15) is 0 Å². The van der Waals surface area contributed by atoms with Gasteiger partial charge in [-0.25, -0.2) is 9.78 Å². The molecule has 0 saturated carbocycles. The highest BCUT2D eigenvalue weighted by Gasteiger charge is 2.30. The van der Waals surface area contributed by atoms with Gasteiger partial charge in [-0.15, -0.1) is 0 Å². The molecule has 4 nitrogen and oxygen atoms in total. The molecule has 0 saturated heterocycles. The molecule has 0 amide bonds. The summed E-state index contributed by atoms with van der Waals surface area (Å²) in [5, 5.41) is 0. The monoisotopic (exact) mass is 225 g/mol. The Morgan fingerprint density at radius 1 is 1.38 bits per heavy atom. The van der Waals surface area contributed by atoms with Gasteiger partial charge in [0.15, 0.2) is 11.6 Å². The minimum atomic E-state index is -0.444. The molecular weight excluding hydrogens is 206 g/mol. The summed E-state index contributed by atoms with van der Waals surface area (Å²) in [7, 11) is 1.35. The molecule has 0 spiro atoms. The number of hydrogen-bond acceptors (Lipinski definition) is 4. The third-order valence-electron chi connectivity index (χ3n) is 2.20. The fourth-order valence-corrected chi connectivity index (χ4v) is 1.33. The van der Waals surface area contributed by atoms with Crippen LogP contribution in [0.4, 0.5) is 0 Å². The lowest BCUT2D eigenvalue weighted by Crippen LogP contribution is -2.16. The minimum absolute atomic E-state index is 0.152. The Kier molecular flexibility index (Phi) is 3.41. The third-order valence-corrected chi connectivity index (χ3v) is 2.20. The molecule has 0 aromatic carbocycles. The third kappa shape index (κ3) is 2.43. The van der Waals surface area contributed by atoms with E-state index in [0.29, 0.717) is 17.3 Å². The molecule has 0 aliphatic carbocycles. The maximum atomic E-state index is 11.6. The van der Waals surface area contributed by atoms with Gasteiger partial charge in [-0.3, -0.25) is 0 Å². The van der Waals surface area contributed by atoms with Crippen molar-refractivity contribution < 1.29 is 13.9 Å². The molecule has 1 rings (SSSR count). The van der Waals surface area contributed by atoms with Crippen LogP contribution in [0.3, 0.4) is 0 Å². The SMILES string of the molecule is COC(=O)c1nc(C(C)C)oc1C(C)(C)C. The minimum Gasteiger partial charge on any atom is -0.464 e. The van der Waals surface area contributed by atoms with Crippen molar-refractivity contribution in [1.29, 1.82) is 0 Å². The van der Waals surface area contributed by atoms with Gasteiger partial charge in [0.2, 0.25) is 0 Å². The first-order chi connectivity index (χ1) is 7.27. The zero-order chi connectivity index (χ0) is 12.5. The molecule has 0 radical (unpaired) electrons. The van der Waals surface area contributed by atoms with E-state index in [9.17, 15) is 4.79 Å². The molecule has 0 atom stereocenters. The highest BCUT2D eigenvalue weighted by molar-refractivity contribution is 5.88. The van der Waals surface area contributed by atoms with Crippen molar-refractivity contribution in [2.45, 2.75) is 46.0 Å². The largest absolute Gasteiger partial charge is 0.464 e. The molecule has 0 aliphatic rings. The van der Waals surface area contributed by atoms with Crippen LogP contribution >= 0.6 is 0 Å². The predicted octanol–water partition coefficient (Wildman–Crippen LogP) is 2.88. The summed E-state index contributed by atoms with van der Waals surface area (Å²) in [6.45, 7) is 9.87. The molecule has 16 heavy (non-hydrogen) atoms. The van der Waals surface area contributed by atoms with Crippen LogP contribution in [-0.2, 0) is 10.2 Å². The molecule has 0 aliphatic heterocycles. The number of carbonyl (C=O) groups excluding carboxylic acids is 1. The second-order valence-electron chi connectivity index (χ2n) is 5.13. The zero-order valence-electron chi connectivity index (χ0n) is 10.7. The molecule has 0 fully saturated rings. The second kappa shape index (κ2) is 4.28. The van der Waals surface area contributed by atoms with E-state index in [1.54, 1.807) is 0 Å². The second-order valence-corrected chi connectivity index (χ2v) is 5.13. The van der Waals surface area contributed by atoms with Crippen LogP contribution in [0.5, 0.6) is 0 Å². The van der Waals surface area contributed by atoms with Crippen LogP contribution < -0.4 is 0 Å². The lowest BCUT2D eigenvalue weighted by molar-refractivity contribution is 0.0590. The highest BCUT2D eigenvalue weighted by Crippen LogP contribution is 2.29. The van der Waals surface area contributed by atoms with Crippen molar-refractivity contribution in [1.82, 2.24) is 4.98 Å². The molecule has 1 heterocycles. The summed E-state index contributed by atoms with van der Waals surface area (Å²) in [4.78, 5) is 15.8. The Morgan fingerprint density at radius 2 is 1.94 bits per heavy atom. The van der Waals surface area contributed by atoms with Crippen LogP contribution in [0.1, 0.15) is 62.7 Å². The van der Waals surface area contributed by atoms with Gasteiger partial charge in [0.25, 0.3) is 0 Å². The lowest BCUT2D eigenvalue weighted by Gasteiger charge is -2.15. The first-order valence-electron chi connectivity index (χ1n) is 5.37. The van der Waals surface area contributed by atoms with Crippen LogP contribution in [0.2, 0.25) is 0 Å². The van der Waals surface area contributed by atoms with E-state index < -0.39 is 5.97 Å². The lowest BCUT2D eigenvalue weighted by atomic mass is 9.92. The molecule has 0 bridgehead atoms. The fourth-order valence-electron chi connectivity index (χ4n) is 1.33. The number of rotatable bonds is 2. The number of carbonyl (C=O) groups is 1. The molecule has 90 valence electrons. The Morgan fingerprint density at radius 3 is 2.31 bits per heavy atom. The van der Waals surface area contributed by atoms with E-state index in [0.717, 1.165) is 0 Å². The van der Waals surface area contributed by atoms with Crippen molar-refractivity contribution in [3.05, 3.63) is 17.3 Å². The van der Waals surface area contributed by atoms with E-state index in [4.69, 9.17) is 9.15 Å². The van der Waals surface area contributed by atoms with E-state index in [1.807, 2.05) is 34.6 Å². The normalized spacial score (nSPS) is 11.9. The van der Waals surface area contributed by atoms with E-state index in [-0.39, 0.29) is 11.3 Å². The average Bonchev–Trinajstić information content (AvgIpc) is 2.60. The summed E-state index contributed by atoms with van der Waals surface area (Å²) in [6, 6.07) is 0. The predicted molar refractivity (Wildman–Crippen MR) is 60.6 cm³/mol. The summed E-state index contributed by atoms with van der Waals surface area (Å²) in [5.74, 6) is 0.869. The number of methoxy groups -OCH3 is 1. The maximum Gasteiger partial charge on any atom is 0.360 e. The Balaban J connectivity index is 3.29. The van der Waals surface area contributed by atoms with Gasteiger partial charge in [0.05, 0.1) is 7.11 Å². The molecule has 0 N–H and O–H groups in total. The smallest absolute Gasteiger partial charge is 0.360 e. The van der Waals surface area contributed by atoms with Gasteiger partial charge >= 0.3 is 5.97 Å². The summed E-state index contributed by atoms with van der Waals surface area (Å²) >= 11 is 0. The zero-order valence-corrected chi connectivity index (χ0v) is 10.7. The van der Waals surface area contributed by atoms with Crippen molar-refractivity contribution in [2.75, 3.05) is 7.11 Å². The number of esters is 1. The van der Waals surface area contributed by atoms with Crippen LogP contribution in [-0.4, -0.2) is 18.1 Å². The first kappa shape index (κ1) is 12.7.